The summed E-state index contributed by atoms with van der Waals surface area (Å²) < 4.78 is 5.71. The van der Waals surface area contributed by atoms with Gasteiger partial charge in [-0.2, -0.15) is 0 Å². The number of ether oxygens (including phenoxy) is 1. The summed E-state index contributed by atoms with van der Waals surface area (Å²) in [5, 5.41) is 9.70. The fraction of sp³-hybridized carbons (Fsp3) is 0.955. The van der Waals surface area contributed by atoms with E-state index in [-0.39, 0.29) is 5.78 Å². The second-order valence-corrected chi connectivity index (χ2v) is 8.63. The Morgan fingerprint density at radius 1 is 0.800 bits per heavy atom. The molecule has 0 saturated heterocycles. The maximum absolute atomic E-state index is 12.3. The highest BCUT2D eigenvalue weighted by Gasteiger charge is 2.28. The Bertz CT molecular complexity index is 329. The van der Waals surface area contributed by atoms with Crippen molar-refractivity contribution < 1.29 is 14.6 Å². The Hall–Kier alpha value is -0.410. The minimum absolute atomic E-state index is 0.180. The molecule has 0 amide bonds. The molecule has 0 radical (unpaired) electrons. The zero-order valence-corrected chi connectivity index (χ0v) is 17.7. The smallest absolute Gasteiger partial charge is 0.164 e. The molecule has 0 fully saturated rings. The summed E-state index contributed by atoms with van der Waals surface area (Å²) in [7, 11) is 0. The highest BCUT2D eigenvalue weighted by Crippen LogP contribution is 2.18. The molecule has 150 valence electrons. The van der Waals surface area contributed by atoms with Crippen LogP contribution in [-0.2, 0) is 9.53 Å². The third kappa shape index (κ3) is 15.6. The van der Waals surface area contributed by atoms with E-state index in [2.05, 4.69) is 6.92 Å². The van der Waals surface area contributed by atoms with Crippen molar-refractivity contribution in [1.82, 2.24) is 0 Å². The lowest BCUT2D eigenvalue weighted by Gasteiger charge is -2.26. The van der Waals surface area contributed by atoms with Gasteiger partial charge < -0.3 is 9.84 Å². The molecule has 0 saturated carbocycles. The van der Waals surface area contributed by atoms with E-state index in [0.29, 0.717) is 19.4 Å². The van der Waals surface area contributed by atoms with Crippen molar-refractivity contribution in [2.75, 3.05) is 6.61 Å². The topological polar surface area (TPSA) is 46.5 Å². The molecular weight excluding hydrogens is 312 g/mol. The van der Waals surface area contributed by atoms with E-state index >= 15 is 0 Å². The van der Waals surface area contributed by atoms with Crippen LogP contribution in [0.25, 0.3) is 0 Å². The van der Waals surface area contributed by atoms with Crippen molar-refractivity contribution in [3.63, 3.8) is 0 Å². The van der Waals surface area contributed by atoms with Gasteiger partial charge in [0.15, 0.2) is 5.78 Å². The van der Waals surface area contributed by atoms with Gasteiger partial charge in [-0.25, -0.2) is 0 Å². The van der Waals surface area contributed by atoms with E-state index in [1.54, 1.807) is 13.8 Å². The van der Waals surface area contributed by atoms with Gasteiger partial charge in [0.05, 0.1) is 12.2 Å². The average Bonchev–Trinajstić information content (AvgIpc) is 2.50. The van der Waals surface area contributed by atoms with Crippen LogP contribution in [0, 0.1) is 0 Å². The van der Waals surface area contributed by atoms with Crippen LogP contribution in [-0.4, -0.2) is 28.7 Å². The molecule has 0 spiro atoms. The third-order valence-electron chi connectivity index (χ3n) is 4.86. The zero-order valence-electron chi connectivity index (χ0n) is 17.7. The van der Waals surface area contributed by atoms with Gasteiger partial charge >= 0.3 is 0 Å². The number of unbranched alkanes of at least 4 members (excludes halogenated alkanes) is 10. The predicted octanol–water partition coefficient (Wildman–Crippen LogP) is 6.21. The molecule has 0 rings (SSSR count). The van der Waals surface area contributed by atoms with Gasteiger partial charge in [-0.1, -0.05) is 71.1 Å². The van der Waals surface area contributed by atoms with E-state index < -0.39 is 11.2 Å². The summed E-state index contributed by atoms with van der Waals surface area (Å²) in [6, 6.07) is 0. The number of carbonyl (C=O) groups excluding carboxylic acids is 1. The van der Waals surface area contributed by atoms with Gasteiger partial charge in [0.1, 0.15) is 5.60 Å². The summed E-state index contributed by atoms with van der Waals surface area (Å²) >= 11 is 0. The quantitative estimate of drug-likeness (QED) is 0.315. The fourth-order valence-electron chi connectivity index (χ4n) is 2.89. The second kappa shape index (κ2) is 13.7. The summed E-state index contributed by atoms with van der Waals surface area (Å²) in [5.74, 6) is 0.180. The summed E-state index contributed by atoms with van der Waals surface area (Å²) in [6.07, 6.45) is 15.4. The van der Waals surface area contributed by atoms with Crippen LogP contribution in [0.2, 0.25) is 0 Å². The molecule has 0 aliphatic rings. The standard InChI is InChI=1S/C22H44O3/c1-6-7-8-9-10-11-12-13-14-15-16-17-20(23)22(4,5)25-19-18-21(2,3)24/h24H,6-19H2,1-5H3. The number of hydrogen-bond donors (Lipinski definition) is 1. The molecule has 0 aliphatic heterocycles. The molecule has 0 atom stereocenters. The van der Waals surface area contributed by atoms with E-state index in [4.69, 9.17) is 4.74 Å². The Morgan fingerprint density at radius 2 is 1.24 bits per heavy atom. The van der Waals surface area contributed by atoms with Gasteiger partial charge in [-0.15, -0.1) is 0 Å². The summed E-state index contributed by atoms with van der Waals surface area (Å²) in [4.78, 5) is 12.3. The van der Waals surface area contributed by atoms with Gasteiger partial charge in [0, 0.05) is 6.42 Å². The lowest BCUT2D eigenvalue weighted by atomic mass is 9.97. The molecule has 3 heteroatoms. The summed E-state index contributed by atoms with van der Waals surface area (Å²) in [6.45, 7) is 9.89. The maximum Gasteiger partial charge on any atom is 0.164 e. The molecule has 0 bridgehead atoms. The SMILES string of the molecule is CCCCCCCCCCCCCC(=O)C(C)(C)OCCC(C)(C)O. The number of Topliss-reactive ketones (excluding diaryl/α,β-unsaturated/α-hetero) is 1. The lowest BCUT2D eigenvalue weighted by Crippen LogP contribution is -2.36. The molecule has 0 aliphatic carbocycles. The number of aliphatic hydroxyl groups is 1. The molecule has 0 aromatic carbocycles. The van der Waals surface area contributed by atoms with Gasteiger partial charge in [0.2, 0.25) is 0 Å². The second-order valence-electron chi connectivity index (χ2n) is 8.63. The van der Waals surface area contributed by atoms with Gasteiger partial charge in [-0.05, 0) is 40.5 Å². The number of hydrogen-bond acceptors (Lipinski definition) is 3. The van der Waals surface area contributed by atoms with Crippen molar-refractivity contribution in [2.24, 2.45) is 0 Å². The monoisotopic (exact) mass is 356 g/mol. The average molecular weight is 357 g/mol. The maximum atomic E-state index is 12.3. The van der Waals surface area contributed by atoms with Crippen LogP contribution >= 0.6 is 0 Å². The van der Waals surface area contributed by atoms with E-state index in [1.807, 2.05) is 13.8 Å². The highest BCUT2D eigenvalue weighted by molar-refractivity contribution is 5.86. The van der Waals surface area contributed by atoms with Crippen LogP contribution in [0.4, 0.5) is 0 Å². The van der Waals surface area contributed by atoms with Crippen molar-refractivity contribution >= 4 is 5.78 Å². The molecule has 25 heavy (non-hydrogen) atoms. The van der Waals surface area contributed by atoms with E-state index in [0.717, 1.165) is 12.8 Å². The molecule has 0 aromatic heterocycles. The Labute approximate surface area is 156 Å². The van der Waals surface area contributed by atoms with Crippen LogP contribution < -0.4 is 0 Å². The third-order valence-corrected chi connectivity index (χ3v) is 4.86. The Balaban J connectivity index is 3.58. The Kier molecular flexibility index (Phi) is 13.5. The summed E-state index contributed by atoms with van der Waals surface area (Å²) in [5.41, 5.74) is -1.47. The fourth-order valence-corrected chi connectivity index (χ4v) is 2.89. The molecule has 0 heterocycles. The minimum atomic E-state index is -0.741. The first-order chi connectivity index (χ1) is 11.7. The van der Waals surface area contributed by atoms with Crippen LogP contribution in [0.3, 0.4) is 0 Å². The predicted molar refractivity (Wildman–Crippen MR) is 107 cm³/mol. The van der Waals surface area contributed by atoms with Crippen molar-refractivity contribution in [1.29, 1.82) is 0 Å². The molecule has 1 N–H and O–H groups in total. The largest absolute Gasteiger partial charge is 0.390 e. The van der Waals surface area contributed by atoms with Gasteiger partial charge in [-0.3, -0.25) is 4.79 Å². The molecule has 0 unspecified atom stereocenters. The van der Waals surface area contributed by atoms with E-state index in [1.165, 1.54) is 57.8 Å². The zero-order chi connectivity index (χ0) is 19.2. The first kappa shape index (κ1) is 24.6. The van der Waals surface area contributed by atoms with Crippen LogP contribution in [0.15, 0.2) is 0 Å². The minimum Gasteiger partial charge on any atom is -0.390 e. The molecule has 0 aromatic rings. The van der Waals surface area contributed by atoms with Crippen molar-refractivity contribution in [2.45, 2.75) is 129 Å². The van der Waals surface area contributed by atoms with Crippen molar-refractivity contribution in [3.05, 3.63) is 0 Å². The van der Waals surface area contributed by atoms with Crippen LogP contribution in [0.5, 0.6) is 0 Å². The lowest BCUT2D eigenvalue weighted by molar-refractivity contribution is -0.142. The van der Waals surface area contributed by atoms with Gasteiger partial charge in [0.25, 0.3) is 0 Å². The molecule has 3 nitrogen and oxygen atoms in total. The number of carbonyl (C=O) groups is 1. The van der Waals surface area contributed by atoms with E-state index in [9.17, 15) is 9.90 Å². The normalized spacial score (nSPS) is 12.6. The van der Waals surface area contributed by atoms with Crippen molar-refractivity contribution in [3.8, 4) is 0 Å². The highest BCUT2D eigenvalue weighted by atomic mass is 16.5. The first-order valence-electron chi connectivity index (χ1n) is 10.6. The Morgan fingerprint density at radius 3 is 1.68 bits per heavy atom. The first-order valence-corrected chi connectivity index (χ1v) is 10.6. The number of rotatable bonds is 17. The van der Waals surface area contributed by atoms with Crippen LogP contribution in [0.1, 0.15) is 118 Å². The molecular formula is C22H44O3. The number of ketones is 1.